The Morgan fingerprint density at radius 3 is 2.81 bits per heavy atom. The summed E-state index contributed by atoms with van der Waals surface area (Å²) in [6.07, 6.45) is 0. The average Bonchev–Trinajstić information content (AvgIpc) is 2.31. The molecule has 0 bridgehead atoms. The molecule has 0 aliphatic carbocycles. The molecule has 1 aromatic carbocycles. The van der Waals surface area contributed by atoms with Crippen molar-refractivity contribution in [2.75, 3.05) is 37.7 Å². The predicted molar refractivity (Wildman–Crippen MR) is 62.7 cm³/mol. The van der Waals surface area contributed by atoms with E-state index in [0.717, 1.165) is 31.9 Å². The van der Waals surface area contributed by atoms with E-state index in [1.807, 2.05) is 6.92 Å². The van der Waals surface area contributed by atoms with Crippen LogP contribution < -0.4 is 15.0 Å². The third kappa shape index (κ3) is 2.44. The molecule has 0 spiro atoms. The zero-order valence-electron chi connectivity index (χ0n) is 9.50. The van der Waals surface area contributed by atoms with Gasteiger partial charge < -0.3 is 15.0 Å². The molecule has 1 aromatic rings. The molecule has 1 fully saturated rings. The lowest BCUT2D eigenvalue weighted by molar-refractivity contribution is 0.338. The molecular weight excluding hydrogens is 207 g/mol. The zero-order valence-corrected chi connectivity index (χ0v) is 9.50. The van der Waals surface area contributed by atoms with E-state index in [4.69, 9.17) is 4.74 Å². The van der Waals surface area contributed by atoms with E-state index in [9.17, 15) is 4.39 Å². The second-order valence-electron chi connectivity index (χ2n) is 3.78. The average molecular weight is 224 g/mol. The molecule has 3 nitrogen and oxygen atoms in total. The van der Waals surface area contributed by atoms with Gasteiger partial charge in [-0.15, -0.1) is 0 Å². The molecule has 1 aliphatic heterocycles. The van der Waals surface area contributed by atoms with E-state index >= 15 is 0 Å². The van der Waals surface area contributed by atoms with Gasteiger partial charge in [0.2, 0.25) is 0 Å². The second-order valence-corrected chi connectivity index (χ2v) is 3.78. The summed E-state index contributed by atoms with van der Waals surface area (Å²) in [7, 11) is 0. The maximum Gasteiger partial charge on any atom is 0.145 e. The molecule has 0 atom stereocenters. The minimum atomic E-state index is -0.248. The van der Waals surface area contributed by atoms with Crippen LogP contribution in [0, 0.1) is 5.82 Å². The third-order valence-corrected chi connectivity index (χ3v) is 2.68. The fourth-order valence-corrected chi connectivity index (χ4v) is 1.93. The number of halogens is 1. The number of hydrogen-bond donors (Lipinski definition) is 1. The highest BCUT2D eigenvalue weighted by Gasteiger charge is 2.15. The molecule has 1 heterocycles. The third-order valence-electron chi connectivity index (χ3n) is 2.68. The normalized spacial score (nSPS) is 16.2. The maximum absolute atomic E-state index is 13.1. The van der Waals surface area contributed by atoms with Gasteiger partial charge in [-0.2, -0.15) is 0 Å². The number of anilines is 1. The Bertz CT molecular complexity index is 351. The van der Waals surface area contributed by atoms with Crippen molar-refractivity contribution in [1.29, 1.82) is 0 Å². The summed E-state index contributed by atoms with van der Waals surface area (Å²) in [5, 5.41) is 3.29. The number of rotatable bonds is 3. The molecule has 0 unspecified atom stereocenters. The van der Waals surface area contributed by atoms with Crippen molar-refractivity contribution in [3.63, 3.8) is 0 Å². The van der Waals surface area contributed by atoms with Gasteiger partial charge in [0, 0.05) is 32.2 Å². The van der Waals surface area contributed by atoms with Crippen LogP contribution >= 0.6 is 0 Å². The van der Waals surface area contributed by atoms with Crippen LogP contribution in [0.5, 0.6) is 5.75 Å². The van der Waals surface area contributed by atoms with E-state index < -0.39 is 0 Å². The monoisotopic (exact) mass is 224 g/mol. The quantitative estimate of drug-likeness (QED) is 0.844. The van der Waals surface area contributed by atoms with Crippen LogP contribution in [0.3, 0.4) is 0 Å². The summed E-state index contributed by atoms with van der Waals surface area (Å²) in [6.45, 7) is 6.26. The van der Waals surface area contributed by atoms with Gasteiger partial charge >= 0.3 is 0 Å². The summed E-state index contributed by atoms with van der Waals surface area (Å²) >= 11 is 0. The van der Waals surface area contributed by atoms with Gasteiger partial charge in [-0.05, 0) is 19.1 Å². The standard InChI is InChI=1S/C12H17FN2O/c1-2-16-12-9-10(13)3-4-11(12)15-7-5-14-6-8-15/h3-4,9,14H,2,5-8H2,1H3. The molecule has 1 N–H and O–H groups in total. The molecule has 0 saturated carbocycles. The molecule has 2 rings (SSSR count). The fourth-order valence-electron chi connectivity index (χ4n) is 1.93. The summed E-state index contributed by atoms with van der Waals surface area (Å²) in [5.74, 6) is 0.395. The number of hydrogen-bond acceptors (Lipinski definition) is 3. The van der Waals surface area contributed by atoms with Gasteiger partial charge in [-0.25, -0.2) is 4.39 Å². The van der Waals surface area contributed by atoms with Crippen LogP contribution in [-0.2, 0) is 0 Å². The number of ether oxygens (including phenoxy) is 1. The van der Waals surface area contributed by atoms with Crippen molar-refractivity contribution < 1.29 is 9.13 Å². The van der Waals surface area contributed by atoms with Crippen molar-refractivity contribution in [1.82, 2.24) is 5.32 Å². The summed E-state index contributed by atoms with van der Waals surface area (Å²) in [5.41, 5.74) is 0.991. The molecule has 16 heavy (non-hydrogen) atoms. The maximum atomic E-state index is 13.1. The van der Waals surface area contributed by atoms with Crippen LogP contribution in [0.4, 0.5) is 10.1 Å². The summed E-state index contributed by atoms with van der Waals surface area (Å²) in [4.78, 5) is 2.22. The number of benzene rings is 1. The highest BCUT2D eigenvalue weighted by molar-refractivity contribution is 5.59. The van der Waals surface area contributed by atoms with Gasteiger partial charge in [-0.1, -0.05) is 0 Å². The van der Waals surface area contributed by atoms with E-state index in [1.165, 1.54) is 12.1 Å². The van der Waals surface area contributed by atoms with Crippen LogP contribution in [0.2, 0.25) is 0 Å². The fraction of sp³-hybridized carbons (Fsp3) is 0.500. The highest BCUT2D eigenvalue weighted by Crippen LogP contribution is 2.29. The van der Waals surface area contributed by atoms with Gasteiger partial charge in [0.05, 0.1) is 12.3 Å². The van der Waals surface area contributed by atoms with E-state index in [1.54, 1.807) is 6.07 Å². The zero-order chi connectivity index (χ0) is 11.4. The van der Waals surface area contributed by atoms with Crippen LogP contribution in [-0.4, -0.2) is 32.8 Å². The first-order chi connectivity index (χ1) is 7.81. The summed E-state index contributed by atoms with van der Waals surface area (Å²) < 4.78 is 18.6. The Hall–Kier alpha value is -1.29. The first-order valence-corrected chi connectivity index (χ1v) is 5.69. The van der Waals surface area contributed by atoms with E-state index in [-0.39, 0.29) is 5.82 Å². The van der Waals surface area contributed by atoms with Crippen molar-refractivity contribution >= 4 is 5.69 Å². The smallest absolute Gasteiger partial charge is 0.145 e. The molecular formula is C12H17FN2O. The van der Waals surface area contributed by atoms with Gasteiger partial charge in [0.15, 0.2) is 0 Å². The van der Waals surface area contributed by atoms with Crippen LogP contribution in [0.15, 0.2) is 18.2 Å². The first-order valence-electron chi connectivity index (χ1n) is 5.69. The van der Waals surface area contributed by atoms with Gasteiger partial charge in [-0.3, -0.25) is 0 Å². The number of piperazine rings is 1. The Morgan fingerprint density at radius 1 is 1.38 bits per heavy atom. The molecule has 1 saturated heterocycles. The van der Waals surface area contributed by atoms with Crippen LogP contribution in [0.1, 0.15) is 6.92 Å². The number of nitrogens with one attached hydrogen (secondary N) is 1. The molecule has 0 radical (unpaired) electrons. The lowest BCUT2D eigenvalue weighted by Gasteiger charge is -2.30. The first kappa shape index (κ1) is 11.2. The summed E-state index contributed by atoms with van der Waals surface area (Å²) in [6, 6.07) is 4.74. The molecule has 1 aliphatic rings. The Kier molecular flexibility index (Phi) is 3.62. The largest absolute Gasteiger partial charge is 0.492 e. The SMILES string of the molecule is CCOc1cc(F)ccc1N1CCNCC1. The minimum absolute atomic E-state index is 0.248. The Balaban J connectivity index is 2.23. The molecule has 88 valence electrons. The van der Waals surface area contributed by atoms with E-state index in [2.05, 4.69) is 10.2 Å². The minimum Gasteiger partial charge on any atom is -0.492 e. The Labute approximate surface area is 95.2 Å². The topological polar surface area (TPSA) is 24.5 Å². The van der Waals surface area contributed by atoms with Gasteiger partial charge in [0.1, 0.15) is 11.6 Å². The molecule has 4 heteroatoms. The van der Waals surface area contributed by atoms with Crippen molar-refractivity contribution in [3.8, 4) is 5.75 Å². The van der Waals surface area contributed by atoms with Crippen molar-refractivity contribution in [3.05, 3.63) is 24.0 Å². The second kappa shape index (κ2) is 5.16. The number of nitrogens with zero attached hydrogens (tertiary/aromatic N) is 1. The lowest BCUT2D eigenvalue weighted by atomic mass is 10.2. The molecule has 0 amide bonds. The van der Waals surface area contributed by atoms with Crippen molar-refractivity contribution in [2.45, 2.75) is 6.92 Å². The Morgan fingerprint density at radius 2 is 2.12 bits per heavy atom. The molecule has 0 aromatic heterocycles. The van der Waals surface area contributed by atoms with Crippen LogP contribution in [0.25, 0.3) is 0 Å². The van der Waals surface area contributed by atoms with Crippen molar-refractivity contribution in [2.24, 2.45) is 0 Å². The van der Waals surface area contributed by atoms with Gasteiger partial charge in [0.25, 0.3) is 0 Å². The predicted octanol–water partition coefficient (Wildman–Crippen LogP) is 1.63. The lowest BCUT2D eigenvalue weighted by Crippen LogP contribution is -2.43. The van der Waals surface area contributed by atoms with E-state index in [0.29, 0.717) is 12.4 Å². The highest BCUT2D eigenvalue weighted by atomic mass is 19.1.